The van der Waals surface area contributed by atoms with Gasteiger partial charge in [-0.2, -0.15) is 0 Å². The van der Waals surface area contributed by atoms with Crippen LogP contribution in [0, 0.1) is 6.92 Å². The van der Waals surface area contributed by atoms with E-state index >= 15 is 0 Å². The van der Waals surface area contributed by atoms with Crippen molar-refractivity contribution in [3.63, 3.8) is 0 Å². The van der Waals surface area contributed by atoms with Gasteiger partial charge in [-0.1, -0.05) is 68.1 Å². The molecule has 0 aliphatic carbocycles. The highest BCUT2D eigenvalue weighted by Gasteiger charge is 2.11. The van der Waals surface area contributed by atoms with Gasteiger partial charge in [0.2, 0.25) is 0 Å². The third-order valence-corrected chi connectivity index (χ3v) is 5.46. The largest absolute Gasteiger partial charge is 0.301 e. The minimum Gasteiger partial charge on any atom is -0.301 e. The molecule has 1 heterocycles. The highest BCUT2D eigenvalue weighted by Crippen LogP contribution is 2.22. The molecular weight excluding hydrogens is 316 g/mol. The molecule has 1 N–H and O–H groups in total. The van der Waals surface area contributed by atoms with E-state index in [1.807, 2.05) is 19.1 Å². The average Bonchev–Trinajstić information content (AvgIpc) is 2.59. The lowest BCUT2D eigenvalue weighted by Crippen LogP contribution is -2.16. The van der Waals surface area contributed by atoms with E-state index in [0.717, 1.165) is 17.3 Å². The molecule has 0 radical (unpaired) electrons. The summed E-state index contributed by atoms with van der Waals surface area (Å²) in [6.07, 6.45) is 1.72. The first-order valence-corrected chi connectivity index (χ1v) is 9.19. The van der Waals surface area contributed by atoms with Gasteiger partial charge < -0.3 is 4.98 Å². The Labute approximate surface area is 146 Å². The Bertz CT molecular complexity index is 917. The summed E-state index contributed by atoms with van der Waals surface area (Å²) in [5.74, 6) is 0. The molecule has 0 aliphatic rings. The van der Waals surface area contributed by atoms with Crippen LogP contribution in [0.1, 0.15) is 37.1 Å². The molecule has 24 heavy (non-hydrogen) atoms. The first-order valence-electron chi connectivity index (χ1n) is 8.31. The predicted octanol–water partition coefficient (Wildman–Crippen LogP) is 4.71. The SMILES string of the molecule is CCC(C)Sc1nc(Cc2ccc3ccccc3c2)c(C)c(=O)[nH]1. The van der Waals surface area contributed by atoms with E-state index in [2.05, 4.69) is 49.2 Å². The molecular formula is C20H22N2OS. The molecule has 3 rings (SSSR count). The Balaban J connectivity index is 1.94. The van der Waals surface area contributed by atoms with Gasteiger partial charge >= 0.3 is 0 Å². The number of aromatic nitrogens is 2. The van der Waals surface area contributed by atoms with Crippen LogP contribution < -0.4 is 5.56 Å². The van der Waals surface area contributed by atoms with E-state index in [1.165, 1.54) is 16.3 Å². The zero-order chi connectivity index (χ0) is 17.1. The molecule has 1 atom stereocenters. The summed E-state index contributed by atoms with van der Waals surface area (Å²) in [5.41, 5.74) is 2.71. The number of nitrogens with zero attached hydrogens (tertiary/aromatic N) is 1. The number of hydrogen-bond acceptors (Lipinski definition) is 3. The molecule has 3 nitrogen and oxygen atoms in total. The normalized spacial score (nSPS) is 12.5. The third-order valence-electron chi connectivity index (χ3n) is 4.30. The van der Waals surface area contributed by atoms with Gasteiger partial charge in [0.1, 0.15) is 0 Å². The second-order valence-corrected chi connectivity index (χ2v) is 7.56. The highest BCUT2D eigenvalue weighted by molar-refractivity contribution is 7.99. The van der Waals surface area contributed by atoms with Crippen LogP contribution in [0.5, 0.6) is 0 Å². The summed E-state index contributed by atoms with van der Waals surface area (Å²) < 4.78 is 0. The standard InChI is InChI=1S/C20H22N2OS/c1-4-13(2)24-20-21-18(14(3)19(23)22-20)12-15-9-10-16-7-5-6-8-17(16)11-15/h5-11,13H,4,12H2,1-3H3,(H,21,22,23). The number of benzene rings is 2. The van der Waals surface area contributed by atoms with Crippen molar-refractivity contribution in [2.45, 2.75) is 44.0 Å². The summed E-state index contributed by atoms with van der Waals surface area (Å²) in [4.78, 5) is 19.8. The van der Waals surface area contributed by atoms with Crippen molar-refractivity contribution in [3.05, 3.63) is 69.6 Å². The molecule has 0 amide bonds. The molecule has 4 heteroatoms. The van der Waals surface area contributed by atoms with Gasteiger partial charge in [-0.25, -0.2) is 4.98 Å². The summed E-state index contributed by atoms with van der Waals surface area (Å²) in [6.45, 7) is 6.13. The van der Waals surface area contributed by atoms with Gasteiger partial charge in [0.25, 0.3) is 5.56 Å². The Morgan fingerprint density at radius 1 is 1.17 bits per heavy atom. The minimum atomic E-state index is -0.0356. The van der Waals surface area contributed by atoms with Crippen LogP contribution >= 0.6 is 11.8 Å². The van der Waals surface area contributed by atoms with Crippen LogP contribution in [-0.4, -0.2) is 15.2 Å². The van der Waals surface area contributed by atoms with Gasteiger partial charge in [0.05, 0.1) is 5.69 Å². The van der Waals surface area contributed by atoms with Crippen molar-refractivity contribution < 1.29 is 0 Å². The molecule has 0 bridgehead atoms. The van der Waals surface area contributed by atoms with Crippen molar-refractivity contribution in [3.8, 4) is 0 Å². The second kappa shape index (κ2) is 7.22. The lowest BCUT2D eigenvalue weighted by atomic mass is 10.0. The number of H-pyrrole nitrogens is 1. The van der Waals surface area contributed by atoms with Crippen LogP contribution in [0.4, 0.5) is 0 Å². The number of thioether (sulfide) groups is 1. The van der Waals surface area contributed by atoms with Crippen LogP contribution in [0.2, 0.25) is 0 Å². The van der Waals surface area contributed by atoms with E-state index in [1.54, 1.807) is 11.8 Å². The topological polar surface area (TPSA) is 45.8 Å². The fraction of sp³-hybridized carbons (Fsp3) is 0.300. The molecule has 2 aromatic carbocycles. The van der Waals surface area contributed by atoms with E-state index in [-0.39, 0.29) is 5.56 Å². The molecule has 0 saturated carbocycles. The molecule has 0 spiro atoms. The molecule has 0 fully saturated rings. The van der Waals surface area contributed by atoms with Crippen LogP contribution in [-0.2, 0) is 6.42 Å². The summed E-state index contributed by atoms with van der Waals surface area (Å²) in [6, 6.07) is 14.7. The van der Waals surface area contributed by atoms with E-state index in [9.17, 15) is 4.79 Å². The summed E-state index contributed by atoms with van der Waals surface area (Å²) in [5, 5.41) is 3.59. The molecule has 0 aliphatic heterocycles. The number of fused-ring (bicyclic) bond motifs is 1. The van der Waals surface area contributed by atoms with Crippen LogP contribution in [0.3, 0.4) is 0 Å². The van der Waals surface area contributed by atoms with Crippen LogP contribution in [0.25, 0.3) is 10.8 Å². The van der Waals surface area contributed by atoms with Crippen molar-refractivity contribution in [2.24, 2.45) is 0 Å². The molecule has 3 aromatic rings. The lowest BCUT2D eigenvalue weighted by molar-refractivity contribution is 0.840. The quantitative estimate of drug-likeness (QED) is 0.541. The average molecular weight is 338 g/mol. The first kappa shape index (κ1) is 16.8. The Morgan fingerprint density at radius 2 is 1.92 bits per heavy atom. The zero-order valence-corrected chi connectivity index (χ0v) is 15.1. The monoisotopic (exact) mass is 338 g/mol. The Hall–Kier alpha value is -2.07. The third kappa shape index (κ3) is 3.70. The Kier molecular flexibility index (Phi) is 5.05. The fourth-order valence-electron chi connectivity index (χ4n) is 2.60. The number of nitrogens with one attached hydrogen (secondary N) is 1. The van der Waals surface area contributed by atoms with Gasteiger partial charge in [-0.3, -0.25) is 4.79 Å². The number of aromatic amines is 1. The van der Waals surface area contributed by atoms with Crippen molar-refractivity contribution in [1.29, 1.82) is 0 Å². The molecule has 124 valence electrons. The molecule has 1 aromatic heterocycles. The second-order valence-electron chi connectivity index (χ2n) is 6.14. The predicted molar refractivity (Wildman–Crippen MR) is 102 cm³/mol. The van der Waals surface area contributed by atoms with Gasteiger partial charge in [-0.15, -0.1) is 0 Å². The maximum atomic E-state index is 12.2. The molecule has 1 unspecified atom stereocenters. The maximum Gasteiger partial charge on any atom is 0.254 e. The van der Waals surface area contributed by atoms with E-state index in [0.29, 0.717) is 17.2 Å². The number of rotatable bonds is 5. The lowest BCUT2D eigenvalue weighted by Gasteiger charge is -2.11. The van der Waals surface area contributed by atoms with Gasteiger partial charge in [0, 0.05) is 17.2 Å². The van der Waals surface area contributed by atoms with Gasteiger partial charge in [0.15, 0.2) is 5.16 Å². The molecule has 0 saturated heterocycles. The zero-order valence-electron chi connectivity index (χ0n) is 14.3. The smallest absolute Gasteiger partial charge is 0.254 e. The first-order chi connectivity index (χ1) is 11.6. The fourth-order valence-corrected chi connectivity index (χ4v) is 3.46. The number of hydrogen-bond donors (Lipinski definition) is 1. The highest BCUT2D eigenvalue weighted by atomic mass is 32.2. The maximum absolute atomic E-state index is 12.2. The van der Waals surface area contributed by atoms with Crippen molar-refractivity contribution in [1.82, 2.24) is 9.97 Å². The van der Waals surface area contributed by atoms with Gasteiger partial charge in [-0.05, 0) is 29.7 Å². The Morgan fingerprint density at radius 3 is 2.67 bits per heavy atom. The van der Waals surface area contributed by atoms with E-state index in [4.69, 9.17) is 4.98 Å². The van der Waals surface area contributed by atoms with Crippen molar-refractivity contribution in [2.75, 3.05) is 0 Å². The minimum absolute atomic E-state index is 0.0356. The summed E-state index contributed by atoms with van der Waals surface area (Å²) >= 11 is 1.63. The van der Waals surface area contributed by atoms with E-state index < -0.39 is 0 Å². The van der Waals surface area contributed by atoms with Crippen molar-refractivity contribution >= 4 is 22.5 Å². The van der Waals surface area contributed by atoms with Crippen LogP contribution in [0.15, 0.2) is 52.4 Å². The summed E-state index contributed by atoms with van der Waals surface area (Å²) in [7, 11) is 0.